The van der Waals surface area contributed by atoms with Gasteiger partial charge in [0.05, 0.1) is 0 Å². The summed E-state index contributed by atoms with van der Waals surface area (Å²) in [6, 6.07) is 0. The normalized spacial score (nSPS) is 15.8. The molecule has 1 aliphatic rings. The summed E-state index contributed by atoms with van der Waals surface area (Å²) in [5.74, 6) is -0.0151. The van der Waals surface area contributed by atoms with Gasteiger partial charge in [0.1, 0.15) is 6.61 Å². The molecule has 0 aromatic rings. The second-order valence-corrected chi connectivity index (χ2v) is 4.04. The van der Waals surface area contributed by atoms with Crippen molar-refractivity contribution in [3.63, 3.8) is 0 Å². The zero-order valence-electron chi connectivity index (χ0n) is 10.0. The van der Waals surface area contributed by atoms with E-state index in [1.807, 2.05) is 0 Å². The average Bonchev–Trinajstić information content (AvgIpc) is 2.70. The van der Waals surface area contributed by atoms with Crippen LogP contribution in [-0.4, -0.2) is 50.7 Å². The molecule has 0 saturated carbocycles. The Morgan fingerprint density at radius 3 is 2.62 bits per heavy atom. The van der Waals surface area contributed by atoms with Gasteiger partial charge in [0.25, 0.3) is 0 Å². The number of nitrogens with one attached hydrogen (secondary N) is 1. The van der Waals surface area contributed by atoms with Gasteiger partial charge >= 0.3 is 0 Å². The van der Waals surface area contributed by atoms with Gasteiger partial charge < -0.3 is 15.0 Å². The number of unbranched alkanes of at least 4 members (excludes halogenated alkanes) is 1. The summed E-state index contributed by atoms with van der Waals surface area (Å²) in [5.41, 5.74) is 0. The number of hydrogen-bond donors (Lipinski definition) is 1. The van der Waals surface area contributed by atoms with Crippen LogP contribution in [0.2, 0.25) is 0 Å². The number of carbonyl (C=O) groups excluding carboxylic acids is 1. The molecule has 1 heterocycles. The zero-order valence-corrected chi connectivity index (χ0v) is 10.9. The number of rotatable bonds is 7. The van der Waals surface area contributed by atoms with Crippen molar-refractivity contribution in [1.82, 2.24) is 10.2 Å². The van der Waals surface area contributed by atoms with E-state index in [9.17, 15) is 4.79 Å². The minimum Gasteiger partial charge on any atom is -0.375 e. The summed E-state index contributed by atoms with van der Waals surface area (Å²) in [4.78, 5) is 13.5. The van der Waals surface area contributed by atoms with Crippen molar-refractivity contribution in [2.75, 3.05) is 39.9 Å². The minimum atomic E-state index is -0.0151. The quantitative estimate of drug-likeness (QED) is 0.687. The van der Waals surface area contributed by atoms with E-state index in [0.29, 0.717) is 0 Å². The van der Waals surface area contributed by atoms with Crippen LogP contribution < -0.4 is 5.32 Å². The van der Waals surface area contributed by atoms with Crippen LogP contribution in [0.3, 0.4) is 0 Å². The lowest BCUT2D eigenvalue weighted by Gasteiger charge is -2.13. The summed E-state index contributed by atoms with van der Waals surface area (Å²) in [6.45, 7) is 4.65. The van der Waals surface area contributed by atoms with Crippen LogP contribution in [0.1, 0.15) is 25.7 Å². The molecule has 1 amide bonds. The average molecular weight is 251 g/mol. The second-order valence-electron chi connectivity index (χ2n) is 4.04. The topological polar surface area (TPSA) is 41.6 Å². The van der Waals surface area contributed by atoms with Crippen LogP contribution in [0, 0.1) is 0 Å². The van der Waals surface area contributed by atoms with Crippen LogP contribution in [0.25, 0.3) is 0 Å². The molecular weight excluding hydrogens is 228 g/mol. The molecule has 4 nitrogen and oxygen atoms in total. The van der Waals surface area contributed by atoms with E-state index >= 15 is 0 Å². The fraction of sp³-hybridized carbons (Fsp3) is 0.909. The molecule has 0 aromatic carbocycles. The van der Waals surface area contributed by atoms with E-state index in [0.717, 1.165) is 13.0 Å². The summed E-state index contributed by atoms with van der Waals surface area (Å²) in [6.07, 6.45) is 4.94. The van der Waals surface area contributed by atoms with Crippen molar-refractivity contribution in [2.45, 2.75) is 25.7 Å². The first-order chi connectivity index (χ1) is 7.33. The number of nitrogens with zero attached hydrogens (tertiary/aromatic N) is 1. The molecule has 16 heavy (non-hydrogen) atoms. The van der Waals surface area contributed by atoms with Crippen molar-refractivity contribution in [3.8, 4) is 0 Å². The Balaban J connectivity index is 0.00000225. The summed E-state index contributed by atoms with van der Waals surface area (Å²) < 4.78 is 4.72. The molecule has 0 bridgehead atoms. The van der Waals surface area contributed by atoms with Gasteiger partial charge in [-0.15, -0.1) is 12.4 Å². The van der Waals surface area contributed by atoms with Gasteiger partial charge in [0.15, 0.2) is 0 Å². The zero-order chi connectivity index (χ0) is 10.9. The Morgan fingerprint density at radius 1 is 1.31 bits per heavy atom. The predicted octanol–water partition coefficient (Wildman–Crippen LogP) is 1.05. The standard InChI is InChI=1S/C11H22N2O2.ClH/c1-15-10-11(14)12-6-2-3-7-13-8-4-5-9-13;/h2-10H2,1H3,(H,12,14);1H. The van der Waals surface area contributed by atoms with Gasteiger partial charge in [-0.05, 0) is 45.3 Å². The molecule has 0 spiro atoms. The van der Waals surface area contributed by atoms with E-state index in [2.05, 4.69) is 10.2 Å². The van der Waals surface area contributed by atoms with Gasteiger partial charge in [0.2, 0.25) is 5.91 Å². The fourth-order valence-corrected chi connectivity index (χ4v) is 1.88. The number of hydrogen-bond acceptors (Lipinski definition) is 3. The van der Waals surface area contributed by atoms with E-state index in [1.54, 1.807) is 0 Å². The van der Waals surface area contributed by atoms with E-state index in [1.165, 1.54) is 46.0 Å². The largest absolute Gasteiger partial charge is 0.375 e. The molecule has 1 N–H and O–H groups in total. The van der Waals surface area contributed by atoms with Crippen molar-refractivity contribution < 1.29 is 9.53 Å². The third kappa shape index (κ3) is 7.04. The maximum absolute atomic E-state index is 11.0. The molecule has 0 unspecified atom stereocenters. The van der Waals surface area contributed by atoms with E-state index in [-0.39, 0.29) is 24.9 Å². The molecule has 1 rings (SSSR count). The first-order valence-electron chi connectivity index (χ1n) is 5.81. The lowest BCUT2D eigenvalue weighted by atomic mass is 10.3. The smallest absolute Gasteiger partial charge is 0.245 e. The molecule has 0 aromatic heterocycles. The Morgan fingerprint density at radius 2 is 2.00 bits per heavy atom. The minimum absolute atomic E-state index is 0. The highest BCUT2D eigenvalue weighted by molar-refractivity contribution is 5.85. The molecule has 1 saturated heterocycles. The first kappa shape index (κ1) is 15.7. The van der Waals surface area contributed by atoms with Crippen LogP contribution in [0.5, 0.6) is 0 Å². The molecule has 0 atom stereocenters. The van der Waals surface area contributed by atoms with Gasteiger partial charge in [-0.1, -0.05) is 0 Å². The van der Waals surface area contributed by atoms with E-state index < -0.39 is 0 Å². The van der Waals surface area contributed by atoms with Crippen LogP contribution in [0.4, 0.5) is 0 Å². The Labute approximate surface area is 104 Å². The number of ether oxygens (including phenoxy) is 1. The van der Waals surface area contributed by atoms with Crippen molar-refractivity contribution in [2.24, 2.45) is 0 Å². The monoisotopic (exact) mass is 250 g/mol. The van der Waals surface area contributed by atoms with Crippen LogP contribution in [-0.2, 0) is 9.53 Å². The van der Waals surface area contributed by atoms with Gasteiger partial charge in [0, 0.05) is 13.7 Å². The Kier molecular flexibility index (Phi) is 9.68. The Hall–Kier alpha value is -0.320. The van der Waals surface area contributed by atoms with Gasteiger partial charge in [-0.2, -0.15) is 0 Å². The van der Waals surface area contributed by atoms with E-state index in [4.69, 9.17) is 4.74 Å². The van der Waals surface area contributed by atoms with Gasteiger partial charge in [-0.3, -0.25) is 4.79 Å². The summed E-state index contributed by atoms with van der Waals surface area (Å²) in [7, 11) is 1.53. The first-order valence-corrected chi connectivity index (χ1v) is 5.81. The molecule has 0 radical (unpaired) electrons. The molecule has 1 fully saturated rings. The number of amides is 1. The molecule has 96 valence electrons. The molecular formula is C11H23ClN2O2. The fourth-order valence-electron chi connectivity index (χ4n) is 1.88. The van der Waals surface area contributed by atoms with Crippen molar-refractivity contribution in [1.29, 1.82) is 0 Å². The molecule has 1 aliphatic heterocycles. The van der Waals surface area contributed by atoms with Crippen molar-refractivity contribution in [3.05, 3.63) is 0 Å². The number of likely N-dealkylation sites (tertiary alicyclic amines) is 1. The molecule has 0 aliphatic carbocycles. The summed E-state index contributed by atoms with van der Waals surface area (Å²) in [5, 5.41) is 2.83. The maximum atomic E-state index is 11.0. The number of halogens is 1. The predicted molar refractivity (Wildman–Crippen MR) is 67.0 cm³/mol. The van der Waals surface area contributed by atoms with Crippen molar-refractivity contribution >= 4 is 18.3 Å². The van der Waals surface area contributed by atoms with Gasteiger partial charge in [-0.25, -0.2) is 0 Å². The lowest BCUT2D eigenvalue weighted by Crippen LogP contribution is -2.28. The number of methoxy groups -OCH3 is 1. The second kappa shape index (κ2) is 9.87. The highest BCUT2D eigenvalue weighted by Gasteiger charge is 2.09. The highest BCUT2D eigenvalue weighted by Crippen LogP contribution is 2.07. The highest BCUT2D eigenvalue weighted by atomic mass is 35.5. The number of carbonyl (C=O) groups is 1. The van der Waals surface area contributed by atoms with Crippen LogP contribution in [0.15, 0.2) is 0 Å². The third-order valence-electron chi connectivity index (χ3n) is 2.70. The Bertz CT molecular complexity index is 185. The van der Waals surface area contributed by atoms with Crippen LogP contribution >= 0.6 is 12.4 Å². The maximum Gasteiger partial charge on any atom is 0.245 e. The SMILES string of the molecule is COCC(=O)NCCCCN1CCCC1.Cl. The summed E-state index contributed by atoms with van der Waals surface area (Å²) >= 11 is 0. The molecule has 5 heteroatoms. The lowest BCUT2D eigenvalue weighted by molar-refractivity contribution is -0.124. The third-order valence-corrected chi connectivity index (χ3v) is 2.70.